The Kier molecular flexibility index (Phi) is 25.0. The lowest BCUT2D eigenvalue weighted by molar-refractivity contribution is -0.218. The summed E-state index contributed by atoms with van der Waals surface area (Å²) in [7, 11) is 0. The normalized spacial score (nSPS) is 21.4. The summed E-state index contributed by atoms with van der Waals surface area (Å²) >= 11 is 0. The second-order valence-electron chi connectivity index (χ2n) is 12.6. The van der Waals surface area contributed by atoms with Crippen LogP contribution >= 0.6 is 0 Å². The van der Waals surface area contributed by atoms with E-state index in [2.05, 4.69) is 25.7 Å². The Labute approximate surface area is 273 Å². The summed E-state index contributed by atoms with van der Waals surface area (Å²) in [5.41, 5.74) is 0. The Hall–Kier alpha value is -1.81. The van der Waals surface area contributed by atoms with Gasteiger partial charge in [-0.25, -0.2) is 4.79 Å². The van der Waals surface area contributed by atoms with Crippen molar-refractivity contribution in [3.63, 3.8) is 0 Å². The number of aliphatic hydroxyl groups is 2. The fraction of sp³-hybridized carbons (Fsp3) is 0.861. The molecule has 1 saturated heterocycles. The number of aliphatic hydroxyl groups excluding tert-OH is 2. The summed E-state index contributed by atoms with van der Waals surface area (Å²) in [6.07, 6.45) is 18.5. The van der Waals surface area contributed by atoms with Gasteiger partial charge in [-0.3, -0.25) is 9.59 Å². The van der Waals surface area contributed by atoms with E-state index < -0.39 is 48.9 Å². The second kappa shape index (κ2) is 27.3. The molecule has 0 unspecified atom stereocenters. The zero-order valence-corrected chi connectivity index (χ0v) is 28.5. The molecule has 1 fully saturated rings. The molecule has 9 heteroatoms. The number of carbonyl (C=O) groups excluding carboxylic acids is 3. The molecule has 0 aliphatic carbocycles. The minimum absolute atomic E-state index is 0.0624. The van der Waals surface area contributed by atoms with Crippen molar-refractivity contribution < 1.29 is 38.8 Å². The summed E-state index contributed by atoms with van der Waals surface area (Å²) in [6.45, 7) is 7.69. The first kappa shape index (κ1) is 41.2. The van der Waals surface area contributed by atoms with E-state index in [9.17, 15) is 24.6 Å². The summed E-state index contributed by atoms with van der Waals surface area (Å²) in [5, 5.41) is 23.6. The highest BCUT2D eigenvalue weighted by Gasteiger charge is 2.50. The average molecular weight is 640 g/mol. The Morgan fingerprint density at radius 2 is 1.31 bits per heavy atom. The number of rotatable bonds is 29. The van der Waals surface area contributed by atoms with Gasteiger partial charge < -0.3 is 29.7 Å². The Morgan fingerprint density at radius 3 is 1.82 bits per heavy atom. The SMILES string of the molecule is C=CCOC(=O)[C@H]1O[C@H](CO)[C@@H](O)[C@H](OCCCCCCCCCCCC)[C@H]1NC(=O)CC(=O)CCCCCCCCCCC. The highest BCUT2D eigenvalue weighted by Crippen LogP contribution is 2.26. The quantitative estimate of drug-likeness (QED) is 0.0366. The third-order valence-corrected chi connectivity index (χ3v) is 8.53. The number of carbonyl (C=O) groups is 3. The first-order valence-electron chi connectivity index (χ1n) is 18.0. The largest absolute Gasteiger partial charge is 0.459 e. The minimum Gasteiger partial charge on any atom is -0.459 e. The number of hydrogen-bond donors (Lipinski definition) is 3. The molecule has 0 radical (unpaired) electrons. The van der Waals surface area contributed by atoms with Crippen LogP contribution in [0.1, 0.15) is 149 Å². The monoisotopic (exact) mass is 639 g/mol. The van der Waals surface area contributed by atoms with E-state index in [-0.39, 0.29) is 18.8 Å². The van der Waals surface area contributed by atoms with Gasteiger partial charge in [0, 0.05) is 13.0 Å². The van der Waals surface area contributed by atoms with Crippen LogP contribution in [0.2, 0.25) is 0 Å². The summed E-state index contributed by atoms with van der Waals surface area (Å²) < 4.78 is 17.0. The molecule has 262 valence electrons. The maximum Gasteiger partial charge on any atom is 0.337 e. The zero-order chi connectivity index (χ0) is 33.1. The fourth-order valence-electron chi connectivity index (χ4n) is 5.83. The molecule has 0 aromatic rings. The van der Waals surface area contributed by atoms with Gasteiger partial charge in [0.1, 0.15) is 30.7 Å². The molecule has 9 nitrogen and oxygen atoms in total. The topological polar surface area (TPSA) is 131 Å². The van der Waals surface area contributed by atoms with Crippen LogP contribution in [0.5, 0.6) is 0 Å². The van der Waals surface area contributed by atoms with Gasteiger partial charge in [-0.15, -0.1) is 0 Å². The molecule has 1 rings (SSSR count). The molecule has 0 bridgehead atoms. The molecular weight excluding hydrogens is 574 g/mol. The molecule has 1 heterocycles. The number of nitrogens with one attached hydrogen (secondary N) is 1. The van der Waals surface area contributed by atoms with Crippen LogP contribution in [0.25, 0.3) is 0 Å². The predicted octanol–water partition coefficient (Wildman–Crippen LogP) is 6.51. The highest BCUT2D eigenvalue weighted by molar-refractivity contribution is 5.98. The van der Waals surface area contributed by atoms with Gasteiger partial charge in [0.2, 0.25) is 5.91 Å². The van der Waals surface area contributed by atoms with E-state index in [0.29, 0.717) is 13.0 Å². The number of esters is 1. The zero-order valence-electron chi connectivity index (χ0n) is 28.5. The van der Waals surface area contributed by atoms with Crippen molar-refractivity contribution in [2.75, 3.05) is 19.8 Å². The van der Waals surface area contributed by atoms with Gasteiger partial charge in [-0.1, -0.05) is 136 Å². The van der Waals surface area contributed by atoms with Gasteiger partial charge in [0.25, 0.3) is 0 Å². The van der Waals surface area contributed by atoms with Crippen molar-refractivity contribution >= 4 is 17.7 Å². The molecule has 0 spiro atoms. The number of amides is 1. The first-order chi connectivity index (χ1) is 21.9. The predicted molar refractivity (Wildman–Crippen MR) is 178 cm³/mol. The first-order valence-corrected chi connectivity index (χ1v) is 18.0. The minimum atomic E-state index is -1.32. The van der Waals surface area contributed by atoms with Gasteiger partial charge in [0.15, 0.2) is 6.10 Å². The van der Waals surface area contributed by atoms with E-state index >= 15 is 0 Å². The molecule has 1 aliphatic rings. The number of ether oxygens (including phenoxy) is 3. The van der Waals surface area contributed by atoms with Crippen molar-refractivity contribution in [3.05, 3.63) is 12.7 Å². The van der Waals surface area contributed by atoms with Crippen LogP contribution in [-0.4, -0.2) is 78.2 Å². The molecule has 0 saturated carbocycles. The number of unbranched alkanes of at least 4 members (excludes halogenated alkanes) is 17. The van der Waals surface area contributed by atoms with E-state index in [1.54, 1.807) is 0 Å². The van der Waals surface area contributed by atoms with Crippen LogP contribution < -0.4 is 5.32 Å². The molecule has 5 atom stereocenters. The van der Waals surface area contributed by atoms with Crippen molar-refractivity contribution in [1.29, 1.82) is 0 Å². The molecule has 45 heavy (non-hydrogen) atoms. The van der Waals surface area contributed by atoms with E-state index in [1.165, 1.54) is 89.5 Å². The summed E-state index contributed by atoms with van der Waals surface area (Å²) in [5.74, 6) is -1.50. The fourth-order valence-corrected chi connectivity index (χ4v) is 5.83. The van der Waals surface area contributed by atoms with Gasteiger partial charge >= 0.3 is 5.97 Å². The summed E-state index contributed by atoms with van der Waals surface area (Å²) in [4.78, 5) is 38.5. The third-order valence-electron chi connectivity index (χ3n) is 8.53. The van der Waals surface area contributed by atoms with Crippen LogP contribution in [0.3, 0.4) is 0 Å². The Balaban J connectivity index is 2.64. The standard InChI is InChI=1S/C36H65NO8/c1-4-7-9-11-13-15-17-19-21-23-26-43-34-32(35(36(42)44-25-6-3)45-30(28-38)33(34)41)37-31(40)27-29(39)24-22-20-18-16-14-12-10-8-5-2/h6,30,32-35,38,41H,3-5,7-28H2,1-2H3,(H,37,40)/t30-,32-,33-,34-,35+/m1/s1. The molecule has 0 aromatic heterocycles. The lowest BCUT2D eigenvalue weighted by Crippen LogP contribution is -2.67. The van der Waals surface area contributed by atoms with E-state index in [0.717, 1.165) is 38.5 Å². The van der Waals surface area contributed by atoms with E-state index in [1.807, 2.05) is 0 Å². The average Bonchev–Trinajstić information content (AvgIpc) is 3.02. The van der Waals surface area contributed by atoms with Crippen molar-refractivity contribution in [2.45, 2.75) is 179 Å². The molecule has 1 aliphatic heterocycles. The maximum absolute atomic E-state index is 13.0. The molecule has 0 aromatic carbocycles. The lowest BCUT2D eigenvalue weighted by Gasteiger charge is -2.43. The molecule has 1 amide bonds. The third kappa shape index (κ3) is 18.8. The second-order valence-corrected chi connectivity index (χ2v) is 12.6. The van der Waals surface area contributed by atoms with Gasteiger partial charge in [0.05, 0.1) is 19.1 Å². The van der Waals surface area contributed by atoms with Crippen LogP contribution in [0.15, 0.2) is 12.7 Å². The highest BCUT2D eigenvalue weighted by atomic mass is 16.6. The smallest absolute Gasteiger partial charge is 0.337 e. The number of ketones is 1. The van der Waals surface area contributed by atoms with Crippen molar-refractivity contribution in [3.8, 4) is 0 Å². The van der Waals surface area contributed by atoms with Gasteiger partial charge in [-0.05, 0) is 12.8 Å². The van der Waals surface area contributed by atoms with Crippen LogP contribution in [-0.2, 0) is 28.6 Å². The van der Waals surface area contributed by atoms with Crippen LogP contribution in [0.4, 0.5) is 0 Å². The molecule has 3 N–H and O–H groups in total. The maximum atomic E-state index is 13.0. The van der Waals surface area contributed by atoms with Crippen molar-refractivity contribution in [1.82, 2.24) is 5.32 Å². The summed E-state index contributed by atoms with van der Waals surface area (Å²) in [6, 6.07) is -1.09. The number of hydrogen-bond acceptors (Lipinski definition) is 8. The van der Waals surface area contributed by atoms with E-state index in [4.69, 9.17) is 14.2 Å². The van der Waals surface area contributed by atoms with Gasteiger partial charge in [-0.2, -0.15) is 0 Å². The lowest BCUT2D eigenvalue weighted by atomic mass is 9.92. The molecular formula is C36H65NO8. The Morgan fingerprint density at radius 1 is 0.800 bits per heavy atom. The number of Topliss-reactive ketones (excluding diaryl/α,β-unsaturated/α-hetero) is 1. The van der Waals surface area contributed by atoms with Crippen molar-refractivity contribution in [2.24, 2.45) is 0 Å². The van der Waals surface area contributed by atoms with Crippen LogP contribution in [0, 0.1) is 0 Å². The Bertz CT molecular complexity index is 791.